The van der Waals surface area contributed by atoms with E-state index in [4.69, 9.17) is 23.2 Å². The molecule has 0 spiro atoms. The third kappa shape index (κ3) is 3.23. The average Bonchev–Trinajstić information content (AvgIpc) is 3.24. The highest BCUT2D eigenvalue weighted by molar-refractivity contribution is 7.17. The third-order valence-corrected chi connectivity index (χ3v) is 6.84. The molecule has 0 radical (unpaired) electrons. The van der Waals surface area contributed by atoms with Gasteiger partial charge < -0.3 is 5.32 Å². The first-order chi connectivity index (χ1) is 12.4. The van der Waals surface area contributed by atoms with E-state index in [0.29, 0.717) is 20.7 Å². The number of hydrogen-bond acceptors (Lipinski definition) is 6. The molecule has 26 heavy (non-hydrogen) atoms. The molecule has 0 aromatic carbocycles. The minimum absolute atomic E-state index is 0.129. The van der Waals surface area contributed by atoms with E-state index in [1.54, 1.807) is 12.1 Å². The number of hydrogen-bond donors (Lipinski definition) is 1. The third-order valence-electron chi connectivity index (χ3n) is 4.06. The predicted octanol–water partition coefficient (Wildman–Crippen LogP) is 5.60. The molecular formula is C18H10Cl2N4S2. The lowest BCUT2D eigenvalue weighted by Gasteiger charge is -2.37. The SMILES string of the molecule is CC1(c2ccc(Cl)s2)CC(c2ccc(Cl)s2)=C(C#N)C(=C(C#N)C#N)N1. The standard InChI is InChI=1S/C18H10Cl2N4S2/c1-18(14-3-5-16(20)26-14)6-11(13-2-4-15(19)25-13)12(9-23)17(24-18)10(7-21)8-22/h2-5,24H,6H2,1H3. The molecule has 1 unspecified atom stereocenters. The molecule has 0 fully saturated rings. The molecule has 0 amide bonds. The van der Waals surface area contributed by atoms with Crippen LogP contribution in [-0.2, 0) is 5.54 Å². The quantitative estimate of drug-likeness (QED) is 0.645. The second kappa shape index (κ2) is 7.16. The zero-order valence-electron chi connectivity index (χ0n) is 13.4. The first-order valence-corrected chi connectivity index (χ1v) is 9.78. The molecule has 0 bridgehead atoms. The Bertz CT molecular complexity index is 1060. The first kappa shape index (κ1) is 18.5. The van der Waals surface area contributed by atoms with Crippen molar-refractivity contribution in [3.8, 4) is 18.2 Å². The van der Waals surface area contributed by atoms with Gasteiger partial charge in [-0.2, -0.15) is 15.8 Å². The molecule has 1 aliphatic rings. The van der Waals surface area contributed by atoms with E-state index < -0.39 is 5.54 Å². The number of thiophene rings is 2. The molecule has 2 aromatic rings. The largest absolute Gasteiger partial charge is 0.372 e. The Morgan fingerprint density at radius 1 is 1.08 bits per heavy atom. The van der Waals surface area contributed by atoms with Gasteiger partial charge in [-0.15, -0.1) is 22.7 Å². The average molecular weight is 417 g/mol. The van der Waals surface area contributed by atoms with Gasteiger partial charge in [0.15, 0.2) is 5.57 Å². The summed E-state index contributed by atoms with van der Waals surface area (Å²) in [4.78, 5) is 1.79. The van der Waals surface area contributed by atoms with Crippen molar-refractivity contribution in [2.45, 2.75) is 18.9 Å². The minimum atomic E-state index is -0.613. The molecular weight excluding hydrogens is 407 g/mol. The molecule has 0 saturated carbocycles. The molecule has 2 aromatic heterocycles. The van der Waals surface area contributed by atoms with Crippen LogP contribution in [0.2, 0.25) is 8.67 Å². The van der Waals surface area contributed by atoms with Crippen LogP contribution >= 0.6 is 45.9 Å². The zero-order valence-corrected chi connectivity index (χ0v) is 16.6. The predicted molar refractivity (Wildman–Crippen MR) is 105 cm³/mol. The molecule has 4 nitrogen and oxygen atoms in total. The Morgan fingerprint density at radius 2 is 1.73 bits per heavy atom. The van der Waals surface area contributed by atoms with Gasteiger partial charge in [0, 0.05) is 16.2 Å². The zero-order chi connectivity index (χ0) is 18.9. The van der Waals surface area contributed by atoms with Crippen molar-refractivity contribution in [1.82, 2.24) is 5.32 Å². The van der Waals surface area contributed by atoms with Gasteiger partial charge in [0.2, 0.25) is 0 Å². The molecule has 1 N–H and O–H groups in total. The van der Waals surface area contributed by atoms with Gasteiger partial charge in [-0.1, -0.05) is 23.2 Å². The van der Waals surface area contributed by atoms with Crippen molar-refractivity contribution in [3.63, 3.8) is 0 Å². The summed E-state index contributed by atoms with van der Waals surface area (Å²) in [6.45, 7) is 1.96. The monoisotopic (exact) mass is 416 g/mol. The molecule has 0 saturated heterocycles. The van der Waals surface area contributed by atoms with Crippen LogP contribution in [0.4, 0.5) is 0 Å². The van der Waals surface area contributed by atoms with Crippen molar-refractivity contribution in [2.24, 2.45) is 0 Å². The topological polar surface area (TPSA) is 83.4 Å². The summed E-state index contributed by atoms with van der Waals surface area (Å²) < 4.78 is 1.25. The highest BCUT2D eigenvalue weighted by Gasteiger charge is 2.38. The number of allylic oxidation sites excluding steroid dienone is 2. The van der Waals surface area contributed by atoms with Gasteiger partial charge in [0.25, 0.3) is 0 Å². The smallest absolute Gasteiger partial charge is 0.154 e. The van der Waals surface area contributed by atoms with Gasteiger partial charge in [0.1, 0.15) is 18.2 Å². The van der Waals surface area contributed by atoms with E-state index in [-0.39, 0.29) is 11.3 Å². The van der Waals surface area contributed by atoms with Gasteiger partial charge in [0.05, 0.1) is 25.5 Å². The summed E-state index contributed by atoms with van der Waals surface area (Å²) in [6.07, 6.45) is 0.497. The Morgan fingerprint density at radius 3 is 2.23 bits per heavy atom. The summed E-state index contributed by atoms with van der Waals surface area (Å²) in [5.74, 6) is 0. The maximum Gasteiger partial charge on any atom is 0.154 e. The molecule has 0 aliphatic carbocycles. The number of rotatable bonds is 2. The van der Waals surface area contributed by atoms with Gasteiger partial charge in [-0.05, 0) is 36.8 Å². The Kier molecular flexibility index (Phi) is 5.10. The summed E-state index contributed by atoms with van der Waals surface area (Å²) in [7, 11) is 0. The highest BCUT2D eigenvalue weighted by Crippen LogP contribution is 2.46. The lowest BCUT2D eigenvalue weighted by atomic mass is 9.82. The van der Waals surface area contributed by atoms with Crippen LogP contribution in [0.3, 0.4) is 0 Å². The maximum atomic E-state index is 9.74. The molecule has 8 heteroatoms. The molecule has 1 aliphatic heterocycles. The van der Waals surface area contributed by atoms with Crippen molar-refractivity contribution < 1.29 is 0 Å². The Hall–Kier alpha value is -2.27. The number of nitriles is 3. The van der Waals surface area contributed by atoms with Crippen LogP contribution < -0.4 is 5.32 Å². The van der Waals surface area contributed by atoms with Crippen molar-refractivity contribution in [1.29, 1.82) is 15.8 Å². The number of halogens is 2. The van der Waals surface area contributed by atoms with Crippen molar-refractivity contribution in [2.75, 3.05) is 0 Å². The van der Waals surface area contributed by atoms with Gasteiger partial charge >= 0.3 is 0 Å². The number of nitrogens with one attached hydrogen (secondary N) is 1. The van der Waals surface area contributed by atoms with Crippen molar-refractivity contribution >= 4 is 51.4 Å². The highest BCUT2D eigenvalue weighted by atomic mass is 35.5. The summed E-state index contributed by atoms with van der Waals surface area (Å²) in [6, 6.07) is 13.3. The van der Waals surface area contributed by atoms with Crippen LogP contribution in [0.25, 0.3) is 5.57 Å². The van der Waals surface area contributed by atoms with E-state index in [2.05, 4.69) is 11.4 Å². The molecule has 1 atom stereocenters. The fourth-order valence-electron chi connectivity index (χ4n) is 2.87. The van der Waals surface area contributed by atoms with E-state index in [0.717, 1.165) is 15.3 Å². The van der Waals surface area contributed by atoms with Gasteiger partial charge in [-0.25, -0.2) is 0 Å². The van der Waals surface area contributed by atoms with Gasteiger partial charge in [-0.3, -0.25) is 0 Å². The van der Waals surface area contributed by atoms with E-state index in [1.165, 1.54) is 22.7 Å². The second-order valence-corrected chi connectivity index (χ2v) is 9.21. The van der Waals surface area contributed by atoms with E-state index >= 15 is 0 Å². The summed E-state index contributed by atoms with van der Waals surface area (Å²) >= 11 is 15.0. The van der Waals surface area contributed by atoms with Crippen LogP contribution in [0, 0.1) is 34.0 Å². The fraction of sp³-hybridized carbons (Fsp3) is 0.167. The summed E-state index contributed by atoms with van der Waals surface area (Å²) in [5, 5.41) is 31.7. The van der Waals surface area contributed by atoms with Crippen LogP contribution in [0.15, 0.2) is 41.1 Å². The fourth-order valence-corrected chi connectivity index (χ4v) is 5.10. The second-order valence-electron chi connectivity index (χ2n) is 5.78. The van der Waals surface area contributed by atoms with Crippen molar-refractivity contribution in [3.05, 3.63) is 59.5 Å². The molecule has 128 valence electrons. The Labute approximate surface area is 168 Å². The summed E-state index contributed by atoms with van der Waals surface area (Å²) in [5.41, 5.74) is 0.554. The van der Waals surface area contributed by atoms with Crippen LogP contribution in [0.5, 0.6) is 0 Å². The number of nitrogens with zero attached hydrogens (tertiary/aromatic N) is 3. The van der Waals surface area contributed by atoms with E-state index in [9.17, 15) is 15.8 Å². The lowest BCUT2D eigenvalue weighted by molar-refractivity contribution is 0.415. The Balaban J connectivity index is 2.28. The first-order valence-electron chi connectivity index (χ1n) is 7.39. The lowest BCUT2D eigenvalue weighted by Crippen LogP contribution is -2.42. The molecule has 3 rings (SSSR count). The maximum absolute atomic E-state index is 9.74. The van der Waals surface area contributed by atoms with E-state index in [1.807, 2.05) is 31.2 Å². The molecule has 3 heterocycles. The van der Waals surface area contributed by atoms with Crippen LogP contribution in [-0.4, -0.2) is 0 Å². The van der Waals surface area contributed by atoms with Crippen LogP contribution in [0.1, 0.15) is 23.1 Å². The minimum Gasteiger partial charge on any atom is -0.372 e. The normalized spacial score (nSPS) is 19.3.